The van der Waals surface area contributed by atoms with E-state index in [4.69, 9.17) is 4.18 Å². The van der Waals surface area contributed by atoms with Gasteiger partial charge in [0.1, 0.15) is 6.17 Å². The Labute approximate surface area is 111 Å². The summed E-state index contributed by atoms with van der Waals surface area (Å²) in [5.74, 6) is 0. The van der Waals surface area contributed by atoms with Gasteiger partial charge in [-0.25, -0.2) is 8.60 Å². The second kappa shape index (κ2) is 9.00. The number of halogens is 1. The zero-order valence-electron chi connectivity index (χ0n) is 10.4. The van der Waals surface area contributed by atoms with E-state index in [0.29, 0.717) is 11.3 Å². The molecule has 2 unspecified atom stereocenters. The van der Waals surface area contributed by atoms with Crippen molar-refractivity contribution >= 4 is 11.1 Å². The molecule has 0 heterocycles. The molecule has 0 aliphatic carbocycles. The molecule has 0 aliphatic rings. The molecule has 0 aromatic heterocycles. The van der Waals surface area contributed by atoms with Gasteiger partial charge in [0.05, 0.1) is 11.5 Å². The molecule has 0 saturated carbocycles. The van der Waals surface area contributed by atoms with Crippen LogP contribution in [0.4, 0.5) is 4.39 Å². The highest BCUT2D eigenvalue weighted by Gasteiger charge is 2.10. The van der Waals surface area contributed by atoms with Crippen LogP contribution < -0.4 is 0 Å². The van der Waals surface area contributed by atoms with Crippen LogP contribution in [0.2, 0.25) is 0 Å². The van der Waals surface area contributed by atoms with Gasteiger partial charge in [-0.1, -0.05) is 30.7 Å². The van der Waals surface area contributed by atoms with Crippen LogP contribution in [0.15, 0.2) is 47.9 Å². The van der Waals surface area contributed by atoms with Gasteiger partial charge in [-0.2, -0.15) is 0 Å². The summed E-state index contributed by atoms with van der Waals surface area (Å²) in [5, 5.41) is 0. The summed E-state index contributed by atoms with van der Waals surface area (Å²) < 4.78 is 30.1. The van der Waals surface area contributed by atoms with Crippen LogP contribution in [0.1, 0.15) is 25.7 Å². The first-order valence-corrected chi connectivity index (χ1v) is 7.16. The van der Waals surface area contributed by atoms with Crippen molar-refractivity contribution in [2.24, 2.45) is 0 Å². The minimum Gasteiger partial charge on any atom is -0.284 e. The lowest BCUT2D eigenvalue weighted by Crippen LogP contribution is -2.12. The maximum absolute atomic E-state index is 13.4. The third-order valence-electron chi connectivity index (χ3n) is 2.47. The molecule has 0 amide bonds. The van der Waals surface area contributed by atoms with Crippen molar-refractivity contribution in [3.63, 3.8) is 0 Å². The van der Waals surface area contributed by atoms with Crippen molar-refractivity contribution in [2.45, 2.75) is 36.8 Å². The molecule has 0 fully saturated rings. The summed E-state index contributed by atoms with van der Waals surface area (Å²) in [6.07, 6.45) is 3.86. The summed E-state index contributed by atoms with van der Waals surface area (Å²) in [6.45, 7) is 3.50. The third kappa shape index (κ3) is 6.07. The number of hydrogen-bond acceptors (Lipinski definition) is 2. The van der Waals surface area contributed by atoms with Gasteiger partial charge in [0.2, 0.25) is 0 Å². The van der Waals surface area contributed by atoms with Gasteiger partial charge < -0.3 is 0 Å². The van der Waals surface area contributed by atoms with Crippen molar-refractivity contribution in [1.29, 1.82) is 0 Å². The van der Waals surface area contributed by atoms with Crippen LogP contribution in [0.3, 0.4) is 0 Å². The Kier molecular flexibility index (Phi) is 7.53. The van der Waals surface area contributed by atoms with E-state index in [0.717, 1.165) is 19.3 Å². The SMILES string of the molecule is C=CCCCCC(F)COS(=O)c1ccccc1. The quantitative estimate of drug-likeness (QED) is 0.504. The van der Waals surface area contributed by atoms with Gasteiger partial charge in [-0.05, 0) is 31.4 Å². The lowest BCUT2D eigenvalue weighted by Gasteiger charge is -2.08. The summed E-state index contributed by atoms with van der Waals surface area (Å²) in [6, 6.07) is 8.79. The molecule has 0 aliphatic heterocycles. The smallest absolute Gasteiger partial charge is 0.189 e. The maximum atomic E-state index is 13.4. The Morgan fingerprint density at radius 3 is 2.72 bits per heavy atom. The Morgan fingerprint density at radius 1 is 1.33 bits per heavy atom. The maximum Gasteiger partial charge on any atom is 0.189 e. The van der Waals surface area contributed by atoms with E-state index in [9.17, 15) is 8.60 Å². The minimum absolute atomic E-state index is 0.115. The number of benzene rings is 1. The molecule has 18 heavy (non-hydrogen) atoms. The van der Waals surface area contributed by atoms with Gasteiger partial charge in [-0.15, -0.1) is 6.58 Å². The van der Waals surface area contributed by atoms with Crippen molar-refractivity contribution in [2.75, 3.05) is 6.61 Å². The van der Waals surface area contributed by atoms with Crippen LogP contribution in [-0.4, -0.2) is 17.0 Å². The molecule has 100 valence electrons. The van der Waals surface area contributed by atoms with E-state index in [1.54, 1.807) is 24.3 Å². The Balaban J connectivity index is 2.20. The molecule has 2 nitrogen and oxygen atoms in total. The highest BCUT2D eigenvalue weighted by molar-refractivity contribution is 7.80. The van der Waals surface area contributed by atoms with E-state index in [2.05, 4.69) is 6.58 Å². The van der Waals surface area contributed by atoms with Crippen molar-refractivity contribution in [3.05, 3.63) is 43.0 Å². The summed E-state index contributed by atoms with van der Waals surface area (Å²) in [5.41, 5.74) is 0. The van der Waals surface area contributed by atoms with Gasteiger partial charge in [-0.3, -0.25) is 4.18 Å². The lowest BCUT2D eigenvalue weighted by atomic mass is 10.1. The molecule has 1 rings (SSSR count). The summed E-state index contributed by atoms with van der Waals surface area (Å²) >= 11 is -1.57. The molecule has 1 aromatic rings. The number of alkyl halides is 1. The van der Waals surface area contributed by atoms with Crippen molar-refractivity contribution in [1.82, 2.24) is 0 Å². The number of unbranched alkanes of at least 4 members (excludes halogenated alkanes) is 2. The average Bonchev–Trinajstić information content (AvgIpc) is 2.42. The van der Waals surface area contributed by atoms with Crippen molar-refractivity contribution in [3.8, 4) is 0 Å². The first-order chi connectivity index (χ1) is 8.74. The van der Waals surface area contributed by atoms with Crippen molar-refractivity contribution < 1.29 is 12.8 Å². The van der Waals surface area contributed by atoms with Gasteiger partial charge in [0.25, 0.3) is 0 Å². The molecular formula is C14H19FO2S. The predicted molar refractivity (Wildman–Crippen MR) is 72.4 cm³/mol. The molecule has 4 heteroatoms. The highest BCUT2D eigenvalue weighted by atomic mass is 32.2. The second-order valence-corrected chi connectivity index (χ2v) is 5.18. The second-order valence-electron chi connectivity index (χ2n) is 4.00. The van der Waals surface area contributed by atoms with Crippen LogP contribution in [0.25, 0.3) is 0 Å². The zero-order chi connectivity index (χ0) is 13.2. The van der Waals surface area contributed by atoms with E-state index in [-0.39, 0.29) is 6.61 Å². The highest BCUT2D eigenvalue weighted by Crippen LogP contribution is 2.11. The van der Waals surface area contributed by atoms with Gasteiger partial charge in [0, 0.05) is 0 Å². The Bertz CT molecular complexity index is 367. The number of hydrogen-bond donors (Lipinski definition) is 0. The average molecular weight is 270 g/mol. The largest absolute Gasteiger partial charge is 0.284 e. The van der Waals surface area contributed by atoms with E-state index >= 15 is 0 Å². The molecule has 1 aromatic carbocycles. The lowest BCUT2D eigenvalue weighted by molar-refractivity contribution is 0.197. The third-order valence-corrected chi connectivity index (χ3v) is 3.47. The zero-order valence-corrected chi connectivity index (χ0v) is 11.2. The molecular weight excluding hydrogens is 251 g/mol. The molecule has 2 atom stereocenters. The molecule has 0 N–H and O–H groups in total. The van der Waals surface area contributed by atoms with Crippen LogP contribution in [-0.2, 0) is 15.3 Å². The molecule has 0 bridgehead atoms. The predicted octanol–water partition coefficient (Wildman–Crippen LogP) is 3.81. The number of allylic oxidation sites excluding steroid dienone is 1. The van der Waals surface area contributed by atoms with Crippen LogP contribution in [0.5, 0.6) is 0 Å². The fourth-order valence-corrected chi connectivity index (χ4v) is 2.26. The Hall–Kier alpha value is -1.00. The van der Waals surface area contributed by atoms with E-state index < -0.39 is 17.3 Å². The first kappa shape index (κ1) is 15.1. The minimum atomic E-state index is -1.57. The topological polar surface area (TPSA) is 26.3 Å². The summed E-state index contributed by atoms with van der Waals surface area (Å²) in [4.78, 5) is 0.566. The fraction of sp³-hybridized carbons (Fsp3) is 0.429. The normalized spacial score (nSPS) is 14.1. The van der Waals surface area contributed by atoms with E-state index in [1.807, 2.05) is 12.1 Å². The van der Waals surface area contributed by atoms with Crippen LogP contribution >= 0.6 is 0 Å². The first-order valence-electron chi connectivity index (χ1n) is 6.09. The summed E-state index contributed by atoms with van der Waals surface area (Å²) in [7, 11) is 0. The number of rotatable bonds is 9. The van der Waals surface area contributed by atoms with Crippen LogP contribution in [0, 0.1) is 0 Å². The van der Waals surface area contributed by atoms with Gasteiger partial charge >= 0.3 is 0 Å². The molecule has 0 radical (unpaired) electrons. The van der Waals surface area contributed by atoms with E-state index in [1.165, 1.54) is 0 Å². The monoisotopic (exact) mass is 270 g/mol. The van der Waals surface area contributed by atoms with Gasteiger partial charge in [0.15, 0.2) is 11.1 Å². The molecule has 0 saturated heterocycles. The molecule has 0 spiro atoms. The Morgan fingerprint density at radius 2 is 2.06 bits per heavy atom. The standard InChI is InChI=1S/C14H19FO2S/c1-2-3-4-6-9-13(15)12-17-18(16)14-10-7-5-8-11-14/h2,5,7-8,10-11,13H,1,3-4,6,9,12H2. The fourth-order valence-electron chi connectivity index (χ4n) is 1.47.